The van der Waals surface area contributed by atoms with Gasteiger partial charge in [0.05, 0.1) is 6.04 Å². The summed E-state index contributed by atoms with van der Waals surface area (Å²) in [4.78, 5) is 26.0. The molecule has 1 aromatic rings. The van der Waals surface area contributed by atoms with Crippen LogP contribution in [-0.2, 0) is 11.2 Å². The molecule has 2 aliphatic heterocycles. The van der Waals surface area contributed by atoms with E-state index in [0.717, 1.165) is 25.8 Å². The first-order valence-corrected chi connectivity index (χ1v) is 8.99. The molecule has 3 rings (SSSR count). The van der Waals surface area contributed by atoms with Gasteiger partial charge >= 0.3 is 6.03 Å². The van der Waals surface area contributed by atoms with Crippen molar-refractivity contribution in [3.8, 4) is 0 Å². The Labute approximate surface area is 147 Å². The van der Waals surface area contributed by atoms with Crippen molar-refractivity contribution in [1.82, 2.24) is 25.7 Å². The predicted octanol–water partition coefficient (Wildman–Crippen LogP) is 1.64. The van der Waals surface area contributed by atoms with Gasteiger partial charge in [0.2, 0.25) is 11.8 Å². The van der Waals surface area contributed by atoms with Gasteiger partial charge in [-0.1, -0.05) is 13.8 Å². The first-order chi connectivity index (χ1) is 11.8. The molecule has 3 amide bonds. The predicted molar refractivity (Wildman–Crippen MR) is 90.6 cm³/mol. The van der Waals surface area contributed by atoms with E-state index in [1.165, 1.54) is 0 Å². The van der Waals surface area contributed by atoms with Crippen LogP contribution in [0.5, 0.6) is 0 Å². The summed E-state index contributed by atoms with van der Waals surface area (Å²) in [6.07, 6.45) is 2.63. The summed E-state index contributed by atoms with van der Waals surface area (Å²) in [6, 6.07) is -0.423. The van der Waals surface area contributed by atoms with Crippen molar-refractivity contribution in [2.75, 3.05) is 13.1 Å². The Morgan fingerprint density at radius 2 is 2.08 bits per heavy atom. The number of likely N-dealkylation sites (tertiary alicyclic amines) is 1. The highest BCUT2D eigenvalue weighted by atomic mass is 16.4. The van der Waals surface area contributed by atoms with Crippen molar-refractivity contribution in [3.05, 3.63) is 11.8 Å². The third-order valence-electron chi connectivity index (χ3n) is 5.31. The molecule has 0 spiro atoms. The molecular formula is C17H27N5O3. The Kier molecular flexibility index (Phi) is 4.81. The van der Waals surface area contributed by atoms with Gasteiger partial charge in [-0.2, -0.15) is 0 Å². The zero-order chi connectivity index (χ0) is 18.2. The van der Waals surface area contributed by atoms with E-state index in [2.05, 4.69) is 39.6 Å². The van der Waals surface area contributed by atoms with Crippen LogP contribution in [0.3, 0.4) is 0 Å². The number of amides is 3. The Morgan fingerprint density at radius 3 is 2.72 bits per heavy atom. The number of nitrogens with one attached hydrogen (secondary N) is 2. The summed E-state index contributed by atoms with van der Waals surface area (Å²) in [7, 11) is 0. The molecule has 25 heavy (non-hydrogen) atoms. The summed E-state index contributed by atoms with van der Waals surface area (Å²) < 4.78 is 5.82. The van der Waals surface area contributed by atoms with E-state index in [-0.39, 0.29) is 17.9 Å². The van der Waals surface area contributed by atoms with Crippen molar-refractivity contribution in [2.45, 2.75) is 58.5 Å². The Bertz CT molecular complexity index is 658. The summed E-state index contributed by atoms with van der Waals surface area (Å²) >= 11 is 0. The van der Waals surface area contributed by atoms with Gasteiger partial charge in [-0.25, -0.2) is 4.79 Å². The number of imide groups is 1. The minimum atomic E-state index is -0.854. The van der Waals surface area contributed by atoms with Gasteiger partial charge < -0.3 is 9.73 Å². The molecule has 0 radical (unpaired) electrons. The second kappa shape index (κ2) is 6.74. The first kappa shape index (κ1) is 17.8. The lowest BCUT2D eigenvalue weighted by molar-refractivity contribution is -0.126. The molecule has 2 aliphatic rings. The fourth-order valence-electron chi connectivity index (χ4n) is 3.70. The number of rotatable bonds is 5. The molecule has 3 heterocycles. The first-order valence-electron chi connectivity index (χ1n) is 8.99. The van der Waals surface area contributed by atoms with Gasteiger partial charge in [0.25, 0.3) is 5.91 Å². The third kappa shape index (κ3) is 3.53. The van der Waals surface area contributed by atoms with Crippen molar-refractivity contribution in [2.24, 2.45) is 11.8 Å². The fraction of sp³-hybridized carbons (Fsp3) is 0.765. The van der Waals surface area contributed by atoms with Crippen LogP contribution < -0.4 is 10.6 Å². The minimum absolute atomic E-state index is 0.0139. The quantitative estimate of drug-likeness (QED) is 0.784. The topological polar surface area (TPSA) is 100 Å². The lowest BCUT2D eigenvalue weighted by atomic mass is 9.79. The molecule has 138 valence electrons. The van der Waals surface area contributed by atoms with Gasteiger partial charge in [0.1, 0.15) is 5.54 Å². The van der Waals surface area contributed by atoms with Crippen LogP contribution in [-0.4, -0.2) is 45.7 Å². The molecule has 0 bridgehead atoms. The zero-order valence-electron chi connectivity index (χ0n) is 15.3. The average molecular weight is 349 g/mol. The number of carbonyl (C=O) groups is 2. The highest BCUT2D eigenvalue weighted by Gasteiger charge is 2.49. The lowest BCUT2D eigenvalue weighted by Crippen LogP contribution is -2.56. The van der Waals surface area contributed by atoms with Crippen molar-refractivity contribution >= 4 is 11.9 Å². The van der Waals surface area contributed by atoms with E-state index < -0.39 is 11.6 Å². The molecule has 2 N–H and O–H groups in total. The molecule has 0 unspecified atom stereocenters. The van der Waals surface area contributed by atoms with E-state index in [0.29, 0.717) is 24.2 Å². The number of piperidine rings is 1. The summed E-state index contributed by atoms with van der Waals surface area (Å²) in [5.41, 5.74) is -0.854. The fourth-order valence-corrected chi connectivity index (χ4v) is 3.70. The van der Waals surface area contributed by atoms with Crippen LogP contribution in [0.15, 0.2) is 4.42 Å². The van der Waals surface area contributed by atoms with E-state index >= 15 is 0 Å². The van der Waals surface area contributed by atoms with E-state index in [9.17, 15) is 9.59 Å². The van der Waals surface area contributed by atoms with Gasteiger partial charge in [0.15, 0.2) is 0 Å². The largest absolute Gasteiger partial charge is 0.424 e. The molecule has 8 nitrogen and oxygen atoms in total. The van der Waals surface area contributed by atoms with Gasteiger partial charge in [-0.15, -0.1) is 10.2 Å². The Balaban J connectivity index is 1.69. The van der Waals surface area contributed by atoms with Crippen molar-refractivity contribution < 1.29 is 14.0 Å². The Morgan fingerprint density at radius 1 is 1.32 bits per heavy atom. The molecule has 2 fully saturated rings. The number of nitrogens with zero attached hydrogens (tertiary/aromatic N) is 3. The number of hydrogen-bond donors (Lipinski definition) is 2. The molecule has 0 aliphatic carbocycles. The number of carbonyl (C=O) groups excluding carboxylic acids is 2. The molecular weight excluding hydrogens is 322 g/mol. The van der Waals surface area contributed by atoms with Crippen LogP contribution in [0.2, 0.25) is 0 Å². The average Bonchev–Trinajstić information content (AvgIpc) is 3.11. The maximum Gasteiger partial charge on any atom is 0.322 e. The number of aromatic nitrogens is 2. The molecule has 1 aromatic heterocycles. The molecule has 0 aromatic carbocycles. The van der Waals surface area contributed by atoms with Crippen LogP contribution >= 0.6 is 0 Å². The smallest absolute Gasteiger partial charge is 0.322 e. The monoisotopic (exact) mass is 349 g/mol. The standard InChI is InChI=1S/C17H27N5O3/c1-10(2)8-13-20-21-14(25-13)11(3)22-7-5-6-12(9-22)17(4)15(23)18-16(24)19-17/h10-12H,5-9H2,1-4H3,(H2,18,19,23,24)/t11-,12+,17-/m0/s1. The number of urea groups is 1. The highest BCUT2D eigenvalue weighted by Crippen LogP contribution is 2.33. The molecule has 2 saturated heterocycles. The maximum absolute atomic E-state index is 12.2. The highest BCUT2D eigenvalue weighted by molar-refractivity contribution is 6.06. The SMILES string of the molecule is CC(C)Cc1nnc([C@H](C)N2CCC[C@@H]([C@]3(C)NC(=O)NC3=O)C2)o1. The number of hydrogen-bond acceptors (Lipinski definition) is 6. The van der Waals surface area contributed by atoms with Crippen LogP contribution in [0.4, 0.5) is 4.79 Å². The second-order valence-electron chi connectivity index (χ2n) is 7.75. The molecule has 8 heteroatoms. The van der Waals surface area contributed by atoms with Crippen molar-refractivity contribution in [1.29, 1.82) is 0 Å². The molecule has 3 atom stereocenters. The van der Waals surface area contributed by atoms with E-state index in [1.807, 2.05) is 6.92 Å². The molecule has 0 saturated carbocycles. The maximum atomic E-state index is 12.2. The summed E-state index contributed by atoms with van der Waals surface area (Å²) in [5, 5.41) is 13.5. The van der Waals surface area contributed by atoms with Gasteiger partial charge in [-0.3, -0.25) is 15.0 Å². The van der Waals surface area contributed by atoms with Crippen LogP contribution in [0.1, 0.15) is 58.4 Å². The van der Waals surface area contributed by atoms with Crippen molar-refractivity contribution in [3.63, 3.8) is 0 Å². The summed E-state index contributed by atoms with van der Waals surface area (Å²) in [6.45, 7) is 9.69. The van der Waals surface area contributed by atoms with Crippen LogP contribution in [0, 0.1) is 11.8 Å². The second-order valence-corrected chi connectivity index (χ2v) is 7.75. The zero-order valence-corrected chi connectivity index (χ0v) is 15.3. The minimum Gasteiger partial charge on any atom is -0.424 e. The van der Waals surface area contributed by atoms with Crippen LogP contribution in [0.25, 0.3) is 0 Å². The van der Waals surface area contributed by atoms with E-state index in [1.54, 1.807) is 6.92 Å². The Hall–Kier alpha value is -1.96. The normalized spacial score (nSPS) is 28.9. The lowest BCUT2D eigenvalue weighted by Gasteiger charge is -2.41. The third-order valence-corrected chi connectivity index (χ3v) is 5.31. The summed E-state index contributed by atoms with van der Waals surface area (Å²) in [5.74, 6) is 1.55. The van der Waals surface area contributed by atoms with E-state index in [4.69, 9.17) is 4.42 Å². The van der Waals surface area contributed by atoms with Gasteiger partial charge in [-0.05, 0) is 39.2 Å². The van der Waals surface area contributed by atoms with Gasteiger partial charge in [0, 0.05) is 18.9 Å².